The zero-order chi connectivity index (χ0) is 23.6. The number of allylic oxidation sites excluding steroid dienone is 4. The zero-order valence-corrected chi connectivity index (χ0v) is 20.2. The fourth-order valence-electron chi connectivity index (χ4n) is 5.56. The van der Waals surface area contributed by atoms with Crippen molar-refractivity contribution in [3.8, 4) is 0 Å². The molecule has 6 rings (SSSR count). The van der Waals surface area contributed by atoms with Crippen LogP contribution in [0.4, 0.5) is 22.7 Å². The second-order valence-corrected chi connectivity index (χ2v) is 9.24. The van der Waals surface area contributed by atoms with Crippen molar-refractivity contribution in [3.63, 3.8) is 0 Å². The lowest BCUT2D eigenvalue weighted by atomic mass is 9.91. The lowest BCUT2D eigenvalue weighted by Gasteiger charge is -2.37. The largest absolute Gasteiger partial charge is 0.314 e. The summed E-state index contributed by atoms with van der Waals surface area (Å²) in [7, 11) is 0. The number of rotatable bonds is 4. The van der Waals surface area contributed by atoms with Gasteiger partial charge in [0.05, 0.1) is 0 Å². The van der Waals surface area contributed by atoms with Crippen LogP contribution < -0.4 is 9.80 Å². The predicted molar refractivity (Wildman–Crippen MR) is 147 cm³/mol. The summed E-state index contributed by atoms with van der Waals surface area (Å²) < 4.78 is 0. The third kappa shape index (κ3) is 3.95. The van der Waals surface area contributed by atoms with E-state index in [1.165, 1.54) is 50.8 Å². The molecule has 0 saturated carbocycles. The van der Waals surface area contributed by atoms with Gasteiger partial charge >= 0.3 is 0 Å². The van der Waals surface area contributed by atoms with E-state index >= 15 is 0 Å². The third-order valence-corrected chi connectivity index (χ3v) is 7.13. The van der Waals surface area contributed by atoms with Gasteiger partial charge in [-0.15, -0.1) is 0 Å². The Morgan fingerprint density at radius 2 is 1.14 bits per heavy atom. The van der Waals surface area contributed by atoms with Gasteiger partial charge in [-0.3, -0.25) is 0 Å². The minimum Gasteiger partial charge on any atom is -0.314 e. The van der Waals surface area contributed by atoms with Crippen LogP contribution in [0.25, 0.3) is 0 Å². The van der Waals surface area contributed by atoms with Crippen molar-refractivity contribution in [2.75, 3.05) is 9.80 Å². The number of nitrogens with zero attached hydrogens (tertiary/aromatic N) is 2. The van der Waals surface area contributed by atoms with Crippen LogP contribution in [0.1, 0.15) is 30.9 Å². The van der Waals surface area contributed by atoms with Crippen LogP contribution in [0, 0.1) is 0 Å². The SMILES string of the molecule is CCC1=C(/C=C2\CCc3ccccc3N2c2ccccc2)Cc2ccccc2N1c1ccccc1. The van der Waals surface area contributed by atoms with Crippen LogP contribution in [0.15, 0.2) is 132 Å². The molecule has 2 nitrogen and oxygen atoms in total. The van der Waals surface area contributed by atoms with E-state index in [1.807, 2.05) is 0 Å². The molecule has 4 aromatic carbocycles. The van der Waals surface area contributed by atoms with Crippen molar-refractivity contribution in [3.05, 3.63) is 143 Å². The Kier molecular flexibility index (Phi) is 5.71. The molecule has 35 heavy (non-hydrogen) atoms. The standard InChI is InChI=1S/C33H30N2/c1-2-31-27(23-26-14-10-12-20-33(26)35(31)29-17-7-4-8-18-29)24-30-22-21-25-13-9-11-19-32(25)34(30)28-15-5-3-6-16-28/h3-20,24H,2,21-23H2,1H3/b30-24+. The van der Waals surface area contributed by atoms with E-state index in [0.717, 1.165) is 25.7 Å². The van der Waals surface area contributed by atoms with Gasteiger partial charge < -0.3 is 9.80 Å². The second-order valence-electron chi connectivity index (χ2n) is 9.24. The van der Waals surface area contributed by atoms with E-state index in [-0.39, 0.29) is 0 Å². The molecule has 0 aromatic heterocycles. The highest BCUT2D eigenvalue weighted by Crippen LogP contribution is 2.43. The van der Waals surface area contributed by atoms with Crippen molar-refractivity contribution < 1.29 is 0 Å². The molecular weight excluding hydrogens is 424 g/mol. The molecule has 2 heteroatoms. The Morgan fingerprint density at radius 3 is 1.80 bits per heavy atom. The van der Waals surface area contributed by atoms with Gasteiger partial charge in [0.25, 0.3) is 0 Å². The molecule has 0 radical (unpaired) electrons. The van der Waals surface area contributed by atoms with Gasteiger partial charge in [0.2, 0.25) is 0 Å². The van der Waals surface area contributed by atoms with Gasteiger partial charge in [0.15, 0.2) is 0 Å². The summed E-state index contributed by atoms with van der Waals surface area (Å²) in [6.07, 6.45) is 6.51. The fraction of sp³-hybridized carbons (Fsp3) is 0.152. The van der Waals surface area contributed by atoms with Gasteiger partial charge in [0.1, 0.15) is 0 Å². The van der Waals surface area contributed by atoms with E-state index in [9.17, 15) is 0 Å². The molecule has 0 atom stereocenters. The molecule has 0 amide bonds. The van der Waals surface area contributed by atoms with Crippen LogP contribution in [-0.2, 0) is 12.8 Å². The van der Waals surface area contributed by atoms with Crippen molar-refractivity contribution in [1.29, 1.82) is 0 Å². The van der Waals surface area contributed by atoms with Crippen molar-refractivity contribution in [1.82, 2.24) is 0 Å². The Labute approximate surface area is 208 Å². The van der Waals surface area contributed by atoms with E-state index in [2.05, 4.69) is 132 Å². The summed E-state index contributed by atoms with van der Waals surface area (Å²) in [5.74, 6) is 0. The summed E-state index contributed by atoms with van der Waals surface area (Å²) in [6.45, 7) is 2.28. The van der Waals surface area contributed by atoms with E-state index in [0.29, 0.717) is 0 Å². The average molecular weight is 455 g/mol. The molecule has 4 aromatic rings. The monoisotopic (exact) mass is 454 g/mol. The van der Waals surface area contributed by atoms with Crippen LogP contribution >= 0.6 is 0 Å². The number of para-hydroxylation sites is 4. The minimum atomic E-state index is 0.955. The number of aryl methyl sites for hydroxylation is 1. The molecule has 172 valence electrons. The second kappa shape index (κ2) is 9.31. The van der Waals surface area contributed by atoms with Crippen LogP contribution in [0.3, 0.4) is 0 Å². The number of hydrogen-bond acceptors (Lipinski definition) is 2. The molecule has 0 unspecified atom stereocenters. The Hall–Kier alpha value is -4.04. The maximum absolute atomic E-state index is 2.48. The van der Waals surface area contributed by atoms with Crippen LogP contribution in [-0.4, -0.2) is 0 Å². The maximum Gasteiger partial charge on any atom is 0.0493 e. The quantitative estimate of drug-likeness (QED) is 0.304. The molecule has 0 fully saturated rings. The number of anilines is 4. The van der Waals surface area contributed by atoms with E-state index in [1.54, 1.807) is 0 Å². The predicted octanol–water partition coefficient (Wildman–Crippen LogP) is 8.71. The molecule has 2 heterocycles. The average Bonchev–Trinajstić information content (AvgIpc) is 2.93. The van der Waals surface area contributed by atoms with E-state index in [4.69, 9.17) is 0 Å². The molecule has 0 aliphatic carbocycles. The molecule has 0 spiro atoms. The fourth-order valence-corrected chi connectivity index (χ4v) is 5.56. The first kappa shape index (κ1) is 21.5. The Balaban J connectivity index is 1.52. The molecule has 0 N–H and O–H groups in total. The summed E-state index contributed by atoms with van der Waals surface area (Å²) in [4.78, 5) is 4.93. The number of benzene rings is 4. The normalized spacial score (nSPS) is 16.3. The van der Waals surface area contributed by atoms with Gasteiger partial charge in [-0.25, -0.2) is 0 Å². The lowest BCUT2D eigenvalue weighted by molar-refractivity contribution is 0.850. The first-order valence-corrected chi connectivity index (χ1v) is 12.6. The zero-order valence-electron chi connectivity index (χ0n) is 20.2. The summed E-state index contributed by atoms with van der Waals surface area (Å²) >= 11 is 0. The molecule has 0 saturated heterocycles. The molecule has 2 aliphatic rings. The Bertz CT molecular complexity index is 1400. The molecular formula is C33H30N2. The van der Waals surface area contributed by atoms with Crippen molar-refractivity contribution in [2.24, 2.45) is 0 Å². The van der Waals surface area contributed by atoms with Crippen molar-refractivity contribution >= 4 is 22.7 Å². The lowest BCUT2D eigenvalue weighted by Crippen LogP contribution is -2.26. The highest BCUT2D eigenvalue weighted by molar-refractivity contribution is 5.77. The smallest absolute Gasteiger partial charge is 0.0493 e. The summed E-state index contributed by atoms with van der Waals surface area (Å²) in [5.41, 5.74) is 12.0. The van der Waals surface area contributed by atoms with Gasteiger partial charge in [-0.2, -0.15) is 0 Å². The van der Waals surface area contributed by atoms with Gasteiger partial charge in [-0.1, -0.05) is 79.7 Å². The topological polar surface area (TPSA) is 6.48 Å². The highest BCUT2D eigenvalue weighted by Gasteiger charge is 2.27. The van der Waals surface area contributed by atoms with Crippen molar-refractivity contribution in [2.45, 2.75) is 32.6 Å². The number of hydrogen-bond donors (Lipinski definition) is 0. The van der Waals surface area contributed by atoms with E-state index < -0.39 is 0 Å². The van der Waals surface area contributed by atoms with Crippen LogP contribution in [0.5, 0.6) is 0 Å². The Morgan fingerprint density at radius 1 is 0.600 bits per heavy atom. The first-order valence-electron chi connectivity index (χ1n) is 12.6. The highest BCUT2D eigenvalue weighted by atomic mass is 15.2. The van der Waals surface area contributed by atoms with Crippen LogP contribution in [0.2, 0.25) is 0 Å². The summed E-state index contributed by atoms with van der Waals surface area (Å²) in [5, 5.41) is 0. The minimum absolute atomic E-state index is 0.955. The molecule has 2 aliphatic heterocycles. The van der Waals surface area contributed by atoms with Gasteiger partial charge in [0, 0.05) is 40.6 Å². The third-order valence-electron chi connectivity index (χ3n) is 7.13. The van der Waals surface area contributed by atoms with Gasteiger partial charge in [-0.05, 0) is 78.4 Å². The first-order chi connectivity index (χ1) is 17.3. The number of fused-ring (bicyclic) bond motifs is 2. The maximum atomic E-state index is 2.48. The molecule has 0 bridgehead atoms. The summed E-state index contributed by atoms with van der Waals surface area (Å²) in [6, 6.07) is 39.3.